The molecular formula is C21H20N2O4. The summed E-state index contributed by atoms with van der Waals surface area (Å²) in [5, 5.41) is 12.1. The van der Waals surface area contributed by atoms with Crippen LogP contribution in [-0.4, -0.2) is 25.6 Å². The Morgan fingerprint density at radius 3 is 2.41 bits per heavy atom. The monoisotopic (exact) mass is 364 g/mol. The number of nitriles is 1. The van der Waals surface area contributed by atoms with E-state index in [0.717, 1.165) is 5.56 Å². The van der Waals surface area contributed by atoms with Gasteiger partial charge in [0.1, 0.15) is 17.4 Å². The highest BCUT2D eigenvalue weighted by atomic mass is 16.6. The number of rotatable bonds is 7. The fourth-order valence-electron chi connectivity index (χ4n) is 2.28. The van der Waals surface area contributed by atoms with Gasteiger partial charge < -0.3 is 14.8 Å². The first-order valence-electron chi connectivity index (χ1n) is 8.30. The zero-order chi connectivity index (χ0) is 19.6. The van der Waals surface area contributed by atoms with Gasteiger partial charge in [0.25, 0.3) is 5.91 Å². The second-order valence-electron chi connectivity index (χ2n) is 5.71. The number of amides is 1. The molecule has 0 aliphatic carbocycles. The van der Waals surface area contributed by atoms with Gasteiger partial charge in [0, 0.05) is 0 Å². The van der Waals surface area contributed by atoms with Crippen molar-refractivity contribution in [1.29, 1.82) is 5.26 Å². The smallest absolute Gasteiger partial charge is 0.343 e. The molecule has 0 spiro atoms. The normalized spacial score (nSPS) is 11.8. The van der Waals surface area contributed by atoms with E-state index in [1.165, 1.54) is 13.2 Å². The van der Waals surface area contributed by atoms with E-state index < -0.39 is 11.9 Å². The number of carbonyl (C=O) groups excluding carboxylic acids is 2. The van der Waals surface area contributed by atoms with Gasteiger partial charge in [0.05, 0.1) is 13.2 Å². The van der Waals surface area contributed by atoms with Crippen LogP contribution in [0.3, 0.4) is 0 Å². The first kappa shape index (κ1) is 19.7. The third kappa shape index (κ3) is 6.01. The Hall–Kier alpha value is -3.59. The molecule has 0 bridgehead atoms. The van der Waals surface area contributed by atoms with Gasteiger partial charge >= 0.3 is 5.97 Å². The summed E-state index contributed by atoms with van der Waals surface area (Å²) in [6.07, 6.45) is 1.50. The maximum Gasteiger partial charge on any atom is 0.343 e. The van der Waals surface area contributed by atoms with Gasteiger partial charge in [-0.25, -0.2) is 4.79 Å². The van der Waals surface area contributed by atoms with Crippen LogP contribution in [0.5, 0.6) is 5.75 Å². The van der Waals surface area contributed by atoms with E-state index in [0.29, 0.717) is 11.3 Å². The summed E-state index contributed by atoms with van der Waals surface area (Å²) in [7, 11) is 1.28. The lowest BCUT2D eigenvalue weighted by atomic mass is 10.1. The van der Waals surface area contributed by atoms with E-state index in [1.54, 1.807) is 24.3 Å². The Morgan fingerprint density at radius 1 is 1.15 bits per heavy atom. The minimum Gasteiger partial charge on any atom is -0.482 e. The molecule has 0 fully saturated rings. The van der Waals surface area contributed by atoms with Gasteiger partial charge in [0.15, 0.2) is 6.61 Å². The zero-order valence-corrected chi connectivity index (χ0v) is 15.1. The highest BCUT2D eigenvalue weighted by Crippen LogP contribution is 2.16. The quantitative estimate of drug-likeness (QED) is 0.463. The summed E-state index contributed by atoms with van der Waals surface area (Å²) in [6, 6.07) is 17.9. The fourth-order valence-corrected chi connectivity index (χ4v) is 2.28. The van der Waals surface area contributed by atoms with E-state index >= 15 is 0 Å². The Labute approximate surface area is 158 Å². The number of esters is 1. The topological polar surface area (TPSA) is 88.4 Å². The average molecular weight is 364 g/mol. The molecule has 2 aromatic rings. The van der Waals surface area contributed by atoms with Crippen LogP contribution < -0.4 is 10.1 Å². The molecule has 0 unspecified atom stereocenters. The van der Waals surface area contributed by atoms with Crippen molar-refractivity contribution in [2.75, 3.05) is 13.7 Å². The molecule has 0 heterocycles. The molecule has 6 nitrogen and oxygen atoms in total. The molecule has 0 saturated heterocycles. The van der Waals surface area contributed by atoms with Gasteiger partial charge in [-0.1, -0.05) is 42.5 Å². The van der Waals surface area contributed by atoms with E-state index in [2.05, 4.69) is 10.1 Å². The van der Waals surface area contributed by atoms with Crippen LogP contribution in [0.15, 0.2) is 60.2 Å². The van der Waals surface area contributed by atoms with Crippen molar-refractivity contribution in [3.05, 3.63) is 71.3 Å². The lowest BCUT2D eigenvalue weighted by Gasteiger charge is -2.13. The lowest BCUT2D eigenvalue weighted by Crippen LogP contribution is -2.27. The van der Waals surface area contributed by atoms with Crippen molar-refractivity contribution >= 4 is 18.0 Å². The molecule has 2 aromatic carbocycles. The first-order chi connectivity index (χ1) is 13.0. The van der Waals surface area contributed by atoms with Crippen LogP contribution in [0, 0.1) is 11.3 Å². The molecule has 27 heavy (non-hydrogen) atoms. The van der Waals surface area contributed by atoms with E-state index in [9.17, 15) is 14.9 Å². The van der Waals surface area contributed by atoms with Crippen molar-refractivity contribution < 1.29 is 19.1 Å². The Bertz CT molecular complexity index is 852. The largest absolute Gasteiger partial charge is 0.482 e. The van der Waals surface area contributed by atoms with Crippen LogP contribution >= 0.6 is 0 Å². The Kier molecular flexibility index (Phi) is 7.15. The number of nitrogens with one attached hydrogen (secondary N) is 1. The van der Waals surface area contributed by atoms with Gasteiger partial charge in [-0.05, 0) is 36.3 Å². The highest BCUT2D eigenvalue weighted by Gasteiger charge is 2.13. The molecule has 0 aliphatic heterocycles. The summed E-state index contributed by atoms with van der Waals surface area (Å²) >= 11 is 0. The van der Waals surface area contributed by atoms with Crippen LogP contribution in [-0.2, 0) is 14.3 Å². The zero-order valence-electron chi connectivity index (χ0n) is 15.1. The third-order valence-electron chi connectivity index (χ3n) is 3.79. The molecule has 1 N–H and O–H groups in total. The number of hydrogen-bond donors (Lipinski definition) is 1. The molecule has 0 radical (unpaired) electrons. The summed E-state index contributed by atoms with van der Waals surface area (Å²) in [5.74, 6) is -0.437. The molecule has 1 atom stereocenters. The van der Waals surface area contributed by atoms with Gasteiger partial charge in [-0.2, -0.15) is 5.26 Å². The predicted molar refractivity (Wildman–Crippen MR) is 101 cm³/mol. The number of nitrogens with zero attached hydrogens (tertiary/aromatic N) is 1. The predicted octanol–water partition coefficient (Wildman–Crippen LogP) is 3.02. The maximum absolute atomic E-state index is 12.4. The van der Waals surface area contributed by atoms with Crippen molar-refractivity contribution in [2.24, 2.45) is 0 Å². The molecule has 2 rings (SSSR count). The summed E-state index contributed by atoms with van der Waals surface area (Å²) < 4.78 is 9.75. The summed E-state index contributed by atoms with van der Waals surface area (Å²) in [6.45, 7) is 1.67. The van der Waals surface area contributed by atoms with Gasteiger partial charge in [-0.15, -0.1) is 0 Å². The second kappa shape index (κ2) is 9.78. The molecule has 0 saturated carbocycles. The third-order valence-corrected chi connectivity index (χ3v) is 3.79. The molecule has 0 aromatic heterocycles. The molecule has 1 amide bonds. The standard InChI is InChI=1S/C21H20N2O4/c1-15(17-6-4-3-5-7-17)23-21(25)18(13-22)12-16-8-10-19(11-9-16)27-14-20(24)26-2/h3-12,15H,14H2,1-2H3,(H,23,25)/b18-12+/t15-/m1/s1. The van der Waals surface area contributed by atoms with Crippen LogP contribution in [0.25, 0.3) is 6.08 Å². The van der Waals surface area contributed by atoms with Crippen molar-refractivity contribution in [3.8, 4) is 11.8 Å². The highest BCUT2D eigenvalue weighted by molar-refractivity contribution is 6.01. The van der Waals surface area contributed by atoms with E-state index in [-0.39, 0.29) is 18.2 Å². The first-order valence-corrected chi connectivity index (χ1v) is 8.30. The van der Waals surface area contributed by atoms with Crippen LogP contribution in [0.1, 0.15) is 24.1 Å². The maximum atomic E-state index is 12.4. The number of hydrogen-bond acceptors (Lipinski definition) is 5. The molecular weight excluding hydrogens is 344 g/mol. The average Bonchev–Trinajstić information content (AvgIpc) is 2.71. The summed E-state index contributed by atoms with van der Waals surface area (Å²) in [5.41, 5.74) is 1.62. The van der Waals surface area contributed by atoms with Crippen LogP contribution in [0.2, 0.25) is 0 Å². The second-order valence-corrected chi connectivity index (χ2v) is 5.71. The van der Waals surface area contributed by atoms with Crippen molar-refractivity contribution in [2.45, 2.75) is 13.0 Å². The SMILES string of the molecule is COC(=O)COc1ccc(/C=C(\C#N)C(=O)N[C@H](C)c2ccccc2)cc1. The minimum atomic E-state index is -0.477. The van der Waals surface area contributed by atoms with E-state index in [4.69, 9.17) is 4.74 Å². The number of methoxy groups -OCH3 is 1. The number of carbonyl (C=O) groups is 2. The van der Waals surface area contributed by atoms with E-state index in [1.807, 2.05) is 43.3 Å². The lowest BCUT2D eigenvalue weighted by molar-refractivity contribution is -0.142. The van der Waals surface area contributed by atoms with Gasteiger partial charge in [-0.3, -0.25) is 4.79 Å². The molecule has 0 aliphatic rings. The van der Waals surface area contributed by atoms with Gasteiger partial charge in [0.2, 0.25) is 0 Å². The minimum absolute atomic E-state index is 0.000935. The molecule has 138 valence electrons. The Balaban J connectivity index is 2.03. The van der Waals surface area contributed by atoms with Crippen molar-refractivity contribution in [3.63, 3.8) is 0 Å². The molecule has 6 heteroatoms. The summed E-state index contributed by atoms with van der Waals surface area (Å²) in [4.78, 5) is 23.4. The number of ether oxygens (including phenoxy) is 2. The van der Waals surface area contributed by atoms with Crippen LogP contribution in [0.4, 0.5) is 0 Å². The van der Waals surface area contributed by atoms with Crippen molar-refractivity contribution in [1.82, 2.24) is 5.32 Å². The fraction of sp³-hybridized carbons (Fsp3) is 0.190. The Morgan fingerprint density at radius 2 is 1.81 bits per heavy atom. The number of benzene rings is 2.